The van der Waals surface area contributed by atoms with Crippen molar-refractivity contribution >= 4 is 5.78 Å². The van der Waals surface area contributed by atoms with E-state index < -0.39 is 0 Å². The van der Waals surface area contributed by atoms with E-state index in [1.165, 1.54) is 24.8 Å². The minimum Gasteiger partial charge on any atom is -0.396 e. The third kappa shape index (κ3) is 3.77. The number of nitrogens with zero attached hydrogens (tertiary/aromatic N) is 1. The van der Waals surface area contributed by atoms with Gasteiger partial charge in [0.15, 0.2) is 5.78 Å². The molecule has 26 heavy (non-hydrogen) atoms. The van der Waals surface area contributed by atoms with Crippen LogP contribution in [0.1, 0.15) is 72.6 Å². The van der Waals surface area contributed by atoms with E-state index in [-0.39, 0.29) is 24.2 Å². The maximum Gasteiger partial charge on any atom is 0.155 e. The van der Waals surface area contributed by atoms with E-state index >= 15 is 0 Å². The summed E-state index contributed by atoms with van der Waals surface area (Å²) in [6.45, 7) is 8.18. The van der Waals surface area contributed by atoms with Crippen molar-refractivity contribution in [3.8, 4) is 6.07 Å². The van der Waals surface area contributed by atoms with Crippen LogP contribution < -0.4 is 0 Å². The zero-order valence-corrected chi connectivity index (χ0v) is 17.1. The molecule has 4 aliphatic rings. The van der Waals surface area contributed by atoms with Gasteiger partial charge >= 0.3 is 0 Å². The topological polar surface area (TPSA) is 61.1 Å². The number of aliphatic hydroxyl groups excluding tert-OH is 1. The number of aliphatic hydroxyl groups is 1. The molecule has 0 bridgehead atoms. The molecule has 0 aromatic heterocycles. The molecule has 3 saturated carbocycles. The highest BCUT2D eigenvalue weighted by Crippen LogP contribution is 2.59. The summed E-state index contributed by atoms with van der Waals surface area (Å²) in [5, 5.41) is 19.2. The van der Waals surface area contributed by atoms with Crippen LogP contribution >= 0.6 is 0 Å². The van der Waals surface area contributed by atoms with Gasteiger partial charge in [-0.2, -0.15) is 5.26 Å². The molecular formula is C23H37NO2. The first kappa shape index (κ1) is 21.2. The zero-order chi connectivity index (χ0) is 19.3. The van der Waals surface area contributed by atoms with Crippen LogP contribution in [0.4, 0.5) is 0 Å². The Bertz CT molecular complexity index is 547. The van der Waals surface area contributed by atoms with Crippen LogP contribution in [0, 0.1) is 52.8 Å². The summed E-state index contributed by atoms with van der Waals surface area (Å²) in [7, 11) is 0. The Labute approximate surface area is 159 Å². The Kier molecular flexibility index (Phi) is 7.89. The number of ketones is 1. The molecular weight excluding hydrogens is 322 g/mol. The number of fused-ring (bicyclic) bond motifs is 5. The molecule has 4 rings (SSSR count). The summed E-state index contributed by atoms with van der Waals surface area (Å²) in [5.74, 6) is 3.89. The minimum absolute atomic E-state index is 0.178. The number of carbonyl (C=O) groups excluding carboxylic acids is 1. The van der Waals surface area contributed by atoms with Gasteiger partial charge < -0.3 is 5.11 Å². The van der Waals surface area contributed by atoms with E-state index in [9.17, 15) is 15.2 Å². The monoisotopic (exact) mass is 359 g/mol. The largest absolute Gasteiger partial charge is 0.396 e. The molecule has 146 valence electrons. The molecule has 3 heteroatoms. The van der Waals surface area contributed by atoms with Crippen LogP contribution in [-0.2, 0) is 4.79 Å². The van der Waals surface area contributed by atoms with Crippen LogP contribution in [0.3, 0.4) is 0 Å². The molecule has 0 aliphatic heterocycles. The average molecular weight is 360 g/mol. The van der Waals surface area contributed by atoms with Crippen molar-refractivity contribution in [1.29, 1.82) is 5.26 Å². The number of rotatable bonds is 1. The molecule has 4 aliphatic carbocycles. The van der Waals surface area contributed by atoms with Crippen molar-refractivity contribution in [3.63, 3.8) is 0 Å². The van der Waals surface area contributed by atoms with Crippen molar-refractivity contribution in [1.82, 2.24) is 0 Å². The molecule has 0 aromatic carbocycles. The van der Waals surface area contributed by atoms with E-state index in [0.717, 1.165) is 19.3 Å². The Hall–Kier alpha value is -1.14. The zero-order valence-electron chi connectivity index (χ0n) is 17.1. The number of carbonyl (C=O) groups is 1. The van der Waals surface area contributed by atoms with Gasteiger partial charge in [-0.1, -0.05) is 33.3 Å². The van der Waals surface area contributed by atoms with Gasteiger partial charge in [0, 0.05) is 24.9 Å². The Balaban J connectivity index is 0.000000570. The molecule has 0 amide bonds. The van der Waals surface area contributed by atoms with E-state index in [0.29, 0.717) is 36.0 Å². The second-order valence-corrected chi connectivity index (χ2v) is 7.92. The SMILES string of the molecule is CC.CC.N#CC1CCC2C1CCC1C3CCC(=O)C=C3C(CO)CC12. The summed E-state index contributed by atoms with van der Waals surface area (Å²) >= 11 is 0. The molecule has 0 spiro atoms. The lowest BCUT2D eigenvalue weighted by atomic mass is 9.53. The quantitative estimate of drug-likeness (QED) is 0.704. The molecule has 7 atom stereocenters. The first-order valence-corrected chi connectivity index (χ1v) is 11.0. The standard InChI is InChI=1S/C19H25NO2.2C2H6/c20-9-11-1-3-15-14(11)5-6-17-16-4-2-13(22)8-18(16)12(10-21)7-19(15)17;2*1-2/h8,11-12,14-17,19,21H,1-7,10H2;2*1-2H3. The van der Waals surface area contributed by atoms with Crippen molar-refractivity contribution in [2.45, 2.75) is 72.6 Å². The molecule has 1 N–H and O–H groups in total. The second-order valence-electron chi connectivity index (χ2n) is 7.92. The second kappa shape index (κ2) is 9.70. The smallest absolute Gasteiger partial charge is 0.155 e. The van der Waals surface area contributed by atoms with Crippen LogP contribution in [0.25, 0.3) is 0 Å². The Morgan fingerprint density at radius 1 is 1.00 bits per heavy atom. The lowest BCUT2D eigenvalue weighted by Crippen LogP contribution is -2.45. The van der Waals surface area contributed by atoms with Gasteiger partial charge in [-0.25, -0.2) is 0 Å². The van der Waals surface area contributed by atoms with Gasteiger partial charge in [0.1, 0.15) is 0 Å². The Morgan fingerprint density at radius 2 is 1.65 bits per heavy atom. The summed E-state index contributed by atoms with van der Waals surface area (Å²) in [6.07, 6.45) is 9.27. The molecule has 3 fully saturated rings. The maximum atomic E-state index is 11.8. The van der Waals surface area contributed by atoms with Crippen LogP contribution in [0.5, 0.6) is 0 Å². The molecule has 0 radical (unpaired) electrons. The Morgan fingerprint density at radius 3 is 2.31 bits per heavy atom. The lowest BCUT2D eigenvalue weighted by Gasteiger charge is -2.51. The van der Waals surface area contributed by atoms with Gasteiger partial charge in [0.05, 0.1) is 6.07 Å². The fourth-order valence-corrected chi connectivity index (χ4v) is 6.33. The van der Waals surface area contributed by atoms with Crippen LogP contribution in [0.2, 0.25) is 0 Å². The van der Waals surface area contributed by atoms with E-state index in [1.807, 2.05) is 33.8 Å². The van der Waals surface area contributed by atoms with Crippen molar-refractivity contribution < 1.29 is 9.90 Å². The van der Waals surface area contributed by atoms with Gasteiger partial charge in [0.2, 0.25) is 0 Å². The fourth-order valence-electron chi connectivity index (χ4n) is 6.33. The maximum absolute atomic E-state index is 11.8. The predicted octanol–water partition coefficient (Wildman–Crippen LogP) is 5.15. The first-order chi connectivity index (χ1) is 12.7. The van der Waals surface area contributed by atoms with E-state index in [4.69, 9.17) is 0 Å². The van der Waals surface area contributed by atoms with Crippen LogP contribution in [-0.4, -0.2) is 17.5 Å². The fraction of sp³-hybridized carbons (Fsp3) is 0.826. The summed E-state index contributed by atoms with van der Waals surface area (Å²) < 4.78 is 0. The van der Waals surface area contributed by atoms with Gasteiger partial charge in [-0.15, -0.1) is 0 Å². The number of hydrogen-bond acceptors (Lipinski definition) is 3. The minimum atomic E-state index is 0.178. The lowest BCUT2D eigenvalue weighted by molar-refractivity contribution is -0.116. The third-order valence-electron chi connectivity index (χ3n) is 7.20. The van der Waals surface area contributed by atoms with E-state index in [2.05, 4.69) is 6.07 Å². The van der Waals surface area contributed by atoms with Crippen LogP contribution in [0.15, 0.2) is 11.6 Å². The molecule has 0 heterocycles. The number of hydrogen-bond donors (Lipinski definition) is 1. The van der Waals surface area contributed by atoms with Crippen molar-refractivity contribution in [2.24, 2.45) is 41.4 Å². The highest BCUT2D eigenvalue weighted by Gasteiger charge is 2.52. The number of nitriles is 1. The predicted molar refractivity (Wildman–Crippen MR) is 105 cm³/mol. The van der Waals surface area contributed by atoms with Crippen molar-refractivity contribution in [3.05, 3.63) is 11.6 Å². The highest BCUT2D eigenvalue weighted by molar-refractivity contribution is 5.91. The van der Waals surface area contributed by atoms with E-state index in [1.54, 1.807) is 0 Å². The molecule has 3 nitrogen and oxygen atoms in total. The van der Waals surface area contributed by atoms with Gasteiger partial charge in [-0.3, -0.25) is 4.79 Å². The summed E-state index contributed by atoms with van der Waals surface area (Å²) in [5.41, 5.74) is 1.26. The highest BCUT2D eigenvalue weighted by atomic mass is 16.3. The molecule has 0 aromatic rings. The first-order valence-electron chi connectivity index (χ1n) is 11.0. The van der Waals surface area contributed by atoms with Gasteiger partial charge in [0.25, 0.3) is 0 Å². The van der Waals surface area contributed by atoms with Crippen molar-refractivity contribution in [2.75, 3.05) is 6.61 Å². The van der Waals surface area contributed by atoms with Gasteiger partial charge in [-0.05, 0) is 74.2 Å². The molecule has 0 saturated heterocycles. The summed E-state index contributed by atoms with van der Waals surface area (Å²) in [4.78, 5) is 11.8. The normalized spacial score (nSPS) is 40.2. The molecule has 7 unspecified atom stereocenters. The average Bonchev–Trinajstić information content (AvgIpc) is 3.13. The third-order valence-corrected chi connectivity index (χ3v) is 7.20. The summed E-state index contributed by atoms with van der Waals surface area (Å²) in [6, 6.07) is 2.54.